The average molecular weight is 375 g/mol. The van der Waals surface area contributed by atoms with Gasteiger partial charge in [0.05, 0.1) is 20.6 Å². The number of methoxy groups -OCH3 is 2. The van der Waals surface area contributed by atoms with Gasteiger partial charge in [0.1, 0.15) is 17.3 Å². The van der Waals surface area contributed by atoms with Crippen molar-refractivity contribution < 1.29 is 28.2 Å². The van der Waals surface area contributed by atoms with E-state index in [1.807, 2.05) is 0 Å². The Morgan fingerprint density at radius 3 is 2.52 bits per heavy atom. The van der Waals surface area contributed by atoms with Crippen LogP contribution in [0.3, 0.4) is 0 Å². The van der Waals surface area contributed by atoms with Gasteiger partial charge in [-0.15, -0.1) is 0 Å². The lowest BCUT2D eigenvalue weighted by atomic mass is 10.1. The van der Waals surface area contributed by atoms with E-state index in [2.05, 4.69) is 5.32 Å². The first-order valence-corrected chi connectivity index (χ1v) is 8.40. The van der Waals surface area contributed by atoms with Gasteiger partial charge in [0, 0.05) is 18.2 Å². The van der Waals surface area contributed by atoms with Crippen molar-refractivity contribution in [2.75, 3.05) is 27.4 Å². The summed E-state index contributed by atoms with van der Waals surface area (Å²) in [7, 11) is 3.03. The minimum absolute atomic E-state index is 0.0321. The van der Waals surface area contributed by atoms with Crippen LogP contribution >= 0.6 is 0 Å². The fourth-order valence-corrected chi connectivity index (χ4v) is 2.44. The Bertz CT molecular complexity index is 794. The molecule has 6 nitrogen and oxygen atoms in total. The SMILES string of the molecule is COc1ccc(CC(=O)OCC(=O)NCCc2ccccc2F)c(OC)c1. The van der Waals surface area contributed by atoms with E-state index in [1.54, 1.807) is 36.4 Å². The predicted molar refractivity (Wildman–Crippen MR) is 97.3 cm³/mol. The summed E-state index contributed by atoms with van der Waals surface area (Å²) in [5.41, 5.74) is 1.14. The fourth-order valence-electron chi connectivity index (χ4n) is 2.44. The van der Waals surface area contributed by atoms with E-state index in [0.717, 1.165) is 0 Å². The number of hydrogen-bond acceptors (Lipinski definition) is 5. The zero-order chi connectivity index (χ0) is 19.6. The highest BCUT2D eigenvalue weighted by molar-refractivity contribution is 5.81. The number of rotatable bonds is 9. The molecule has 1 amide bonds. The van der Waals surface area contributed by atoms with Gasteiger partial charge in [-0.25, -0.2) is 4.39 Å². The van der Waals surface area contributed by atoms with Crippen molar-refractivity contribution >= 4 is 11.9 Å². The van der Waals surface area contributed by atoms with Crippen LogP contribution in [0.5, 0.6) is 11.5 Å². The van der Waals surface area contributed by atoms with Gasteiger partial charge in [0.25, 0.3) is 5.91 Å². The maximum atomic E-state index is 13.5. The molecule has 0 aliphatic carbocycles. The number of benzene rings is 2. The van der Waals surface area contributed by atoms with Crippen molar-refractivity contribution in [3.05, 3.63) is 59.4 Å². The summed E-state index contributed by atoms with van der Waals surface area (Å²) in [4.78, 5) is 23.7. The number of carbonyl (C=O) groups excluding carboxylic acids is 2. The van der Waals surface area contributed by atoms with E-state index in [-0.39, 0.29) is 18.8 Å². The van der Waals surface area contributed by atoms with Crippen molar-refractivity contribution in [2.24, 2.45) is 0 Å². The first-order chi connectivity index (χ1) is 13.0. The quantitative estimate of drug-likeness (QED) is 0.681. The van der Waals surface area contributed by atoms with E-state index in [4.69, 9.17) is 14.2 Å². The molecular formula is C20H22FNO5. The third-order valence-corrected chi connectivity index (χ3v) is 3.87. The van der Waals surface area contributed by atoms with Gasteiger partial charge < -0.3 is 19.5 Å². The molecule has 0 unspecified atom stereocenters. The number of amides is 1. The van der Waals surface area contributed by atoms with Crippen LogP contribution in [-0.4, -0.2) is 39.2 Å². The largest absolute Gasteiger partial charge is 0.497 e. The minimum Gasteiger partial charge on any atom is -0.497 e. The van der Waals surface area contributed by atoms with Crippen LogP contribution in [0, 0.1) is 5.82 Å². The average Bonchev–Trinajstić information content (AvgIpc) is 2.68. The van der Waals surface area contributed by atoms with Crippen molar-refractivity contribution in [3.63, 3.8) is 0 Å². The molecule has 2 aromatic carbocycles. The van der Waals surface area contributed by atoms with Crippen molar-refractivity contribution in [3.8, 4) is 11.5 Å². The number of esters is 1. The highest BCUT2D eigenvalue weighted by atomic mass is 19.1. The van der Waals surface area contributed by atoms with Crippen LogP contribution in [0.15, 0.2) is 42.5 Å². The maximum absolute atomic E-state index is 13.5. The smallest absolute Gasteiger partial charge is 0.310 e. The molecule has 0 aliphatic heterocycles. The molecular weight excluding hydrogens is 353 g/mol. The number of carbonyl (C=O) groups is 2. The zero-order valence-electron chi connectivity index (χ0n) is 15.3. The van der Waals surface area contributed by atoms with E-state index in [0.29, 0.717) is 29.0 Å². The highest BCUT2D eigenvalue weighted by Gasteiger charge is 2.13. The van der Waals surface area contributed by atoms with Crippen molar-refractivity contribution in [1.29, 1.82) is 0 Å². The molecule has 1 N–H and O–H groups in total. The Balaban J connectivity index is 1.75. The summed E-state index contributed by atoms with van der Waals surface area (Å²) >= 11 is 0. The predicted octanol–water partition coefficient (Wildman–Crippen LogP) is 2.29. The van der Waals surface area contributed by atoms with Crippen LogP contribution in [-0.2, 0) is 27.2 Å². The van der Waals surface area contributed by atoms with E-state index >= 15 is 0 Å². The second kappa shape index (κ2) is 10.2. The van der Waals surface area contributed by atoms with Crippen molar-refractivity contribution in [1.82, 2.24) is 5.32 Å². The summed E-state index contributed by atoms with van der Waals surface area (Å²) in [5, 5.41) is 2.59. The molecule has 0 fully saturated rings. The van der Waals surface area contributed by atoms with Crippen molar-refractivity contribution in [2.45, 2.75) is 12.8 Å². The molecule has 0 saturated carbocycles. The van der Waals surface area contributed by atoms with Gasteiger partial charge in [-0.2, -0.15) is 0 Å². The van der Waals surface area contributed by atoms with Gasteiger partial charge in [-0.3, -0.25) is 9.59 Å². The molecule has 7 heteroatoms. The minimum atomic E-state index is -0.553. The maximum Gasteiger partial charge on any atom is 0.310 e. The molecule has 0 aromatic heterocycles. The van der Waals surface area contributed by atoms with Crippen LogP contribution < -0.4 is 14.8 Å². The molecule has 0 radical (unpaired) electrons. The highest BCUT2D eigenvalue weighted by Crippen LogP contribution is 2.25. The normalized spacial score (nSPS) is 10.2. The molecule has 0 aliphatic rings. The Labute approximate surface area is 157 Å². The first-order valence-electron chi connectivity index (χ1n) is 8.40. The number of nitrogens with one attached hydrogen (secondary N) is 1. The lowest BCUT2D eigenvalue weighted by molar-refractivity contribution is -0.147. The first kappa shape index (κ1) is 20.2. The second-order valence-corrected chi connectivity index (χ2v) is 5.71. The van der Waals surface area contributed by atoms with Gasteiger partial charge in [-0.05, 0) is 24.1 Å². The topological polar surface area (TPSA) is 73.9 Å². The number of hydrogen-bond donors (Lipinski definition) is 1. The van der Waals surface area contributed by atoms with Crippen LogP contribution in [0.25, 0.3) is 0 Å². The summed E-state index contributed by atoms with van der Waals surface area (Å²) in [6.07, 6.45) is 0.324. The fraction of sp³-hybridized carbons (Fsp3) is 0.300. The summed E-state index contributed by atoms with van der Waals surface area (Å²) < 4.78 is 28.8. The van der Waals surface area contributed by atoms with Gasteiger partial charge in [-0.1, -0.05) is 24.3 Å². The lowest BCUT2D eigenvalue weighted by Gasteiger charge is -2.10. The van der Waals surface area contributed by atoms with Gasteiger partial charge in [0.2, 0.25) is 0 Å². The Kier molecular flexibility index (Phi) is 7.61. The summed E-state index contributed by atoms with van der Waals surface area (Å²) in [6, 6.07) is 11.4. The molecule has 2 rings (SSSR count). The van der Waals surface area contributed by atoms with Crippen LogP contribution in [0.1, 0.15) is 11.1 Å². The number of ether oxygens (including phenoxy) is 3. The molecule has 0 saturated heterocycles. The molecule has 2 aromatic rings. The molecule has 27 heavy (non-hydrogen) atoms. The van der Waals surface area contributed by atoms with Crippen LogP contribution in [0.4, 0.5) is 4.39 Å². The lowest BCUT2D eigenvalue weighted by Crippen LogP contribution is -2.30. The molecule has 144 valence electrons. The second-order valence-electron chi connectivity index (χ2n) is 5.71. The zero-order valence-corrected chi connectivity index (χ0v) is 15.3. The monoisotopic (exact) mass is 375 g/mol. The van der Waals surface area contributed by atoms with E-state index < -0.39 is 18.5 Å². The molecule has 0 spiro atoms. The molecule has 0 heterocycles. The Morgan fingerprint density at radius 2 is 1.81 bits per heavy atom. The number of halogens is 1. The third-order valence-electron chi connectivity index (χ3n) is 3.87. The molecule has 0 bridgehead atoms. The molecule has 0 atom stereocenters. The van der Waals surface area contributed by atoms with Gasteiger partial charge >= 0.3 is 5.97 Å². The standard InChI is InChI=1S/C20H22FNO5/c1-25-16-8-7-15(18(12-16)26-2)11-20(24)27-13-19(23)22-10-9-14-5-3-4-6-17(14)21/h3-8,12H,9-11,13H2,1-2H3,(H,22,23). The van der Waals surface area contributed by atoms with Crippen LogP contribution in [0.2, 0.25) is 0 Å². The third kappa shape index (κ3) is 6.29. The summed E-state index contributed by atoms with van der Waals surface area (Å²) in [6.45, 7) is -0.141. The Morgan fingerprint density at radius 1 is 1.04 bits per heavy atom. The Hall–Kier alpha value is -3.09. The van der Waals surface area contributed by atoms with E-state index in [1.165, 1.54) is 20.3 Å². The van der Waals surface area contributed by atoms with E-state index in [9.17, 15) is 14.0 Å². The van der Waals surface area contributed by atoms with Gasteiger partial charge in [0.15, 0.2) is 6.61 Å². The summed E-state index contributed by atoms with van der Waals surface area (Å²) in [5.74, 6) is -0.199.